The van der Waals surface area contributed by atoms with E-state index >= 15 is 0 Å². The molecule has 27 heavy (non-hydrogen) atoms. The summed E-state index contributed by atoms with van der Waals surface area (Å²) in [6.07, 6.45) is 0. The molecule has 1 unspecified atom stereocenters. The number of carbonyl (C=O) groups excluding carboxylic acids is 1. The van der Waals surface area contributed by atoms with E-state index < -0.39 is 0 Å². The Bertz CT molecular complexity index is 882. The van der Waals surface area contributed by atoms with Crippen LogP contribution >= 0.6 is 8.58 Å². The second-order valence-electron chi connectivity index (χ2n) is 6.53. The van der Waals surface area contributed by atoms with Crippen LogP contribution in [0.3, 0.4) is 0 Å². The van der Waals surface area contributed by atoms with Gasteiger partial charge < -0.3 is 4.74 Å². The van der Waals surface area contributed by atoms with Gasteiger partial charge in [-0.1, -0.05) is 60.2 Å². The normalized spacial score (nSPS) is 10.6. The molecule has 0 saturated carbocycles. The number of carbonyl (C=O) groups is 1. The fourth-order valence-electron chi connectivity index (χ4n) is 3.11. The van der Waals surface area contributed by atoms with E-state index in [0.717, 1.165) is 33.3 Å². The minimum atomic E-state index is 0. The fraction of sp³-hybridized carbons (Fsp3) is 0.174. The molecule has 0 saturated heterocycles. The summed E-state index contributed by atoms with van der Waals surface area (Å²) in [7, 11) is 0.122. The van der Waals surface area contributed by atoms with Gasteiger partial charge >= 0.3 is 18.9 Å². The Balaban J connectivity index is 0.00000261. The first-order valence-corrected chi connectivity index (χ1v) is 9.69. The molecule has 4 heteroatoms. The molecule has 0 bridgehead atoms. The van der Waals surface area contributed by atoms with Crippen LogP contribution in [0.15, 0.2) is 66.7 Å². The van der Waals surface area contributed by atoms with Crippen LogP contribution in [0.5, 0.6) is 5.75 Å². The van der Waals surface area contributed by atoms with Crippen molar-refractivity contribution in [2.75, 3.05) is 0 Å². The zero-order valence-electron chi connectivity index (χ0n) is 15.4. The Morgan fingerprint density at radius 3 is 2.07 bits per heavy atom. The maximum atomic E-state index is 12.7. The molecule has 3 aromatic carbocycles. The molecule has 2 nitrogen and oxygen atoms in total. The van der Waals surface area contributed by atoms with Gasteiger partial charge in [0.15, 0.2) is 5.52 Å². The predicted octanol–water partition coefficient (Wildman–Crippen LogP) is 4.69. The Hall–Kier alpha value is -1.84. The first-order valence-electron chi connectivity index (χ1n) is 8.69. The summed E-state index contributed by atoms with van der Waals surface area (Å²) in [5, 5.41) is 1.03. The summed E-state index contributed by atoms with van der Waals surface area (Å²) >= 11 is 0. The van der Waals surface area contributed by atoms with E-state index in [1.54, 1.807) is 0 Å². The summed E-state index contributed by atoms with van der Waals surface area (Å²) in [4.78, 5) is 12.7. The molecular formula is C23H24LiO2P. The van der Waals surface area contributed by atoms with Crippen molar-refractivity contribution in [1.82, 2.24) is 0 Å². The van der Waals surface area contributed by atoms with E-state index in [2.05, 4.69) is 19.1 Å². The molecule has 0 aromatic heterocycles. The summed E-state index contributed by atoms with van der Waals surface area (Å²) in [6.45, 7) is 6.63. The number of ether oxygens (including phenoxy) is 1. The second-order valence-corrected chi connectivity index (χ2v) is 7.81. The first kappa shape index (κ1) is 21.5. The van der Waals surface area contributed by atoms with Crippen molar-refractivity contribution in [3.05, 3.63) is 94.5 Å². The standard InChI is InChI=1S/C23H23O2P.Li.H/c1-16-13-17(2)22(18(3)14-16)23(24)26-21-11-9-20(10-12-21)25-15-19-7-5-4-6-8-19;;/h4-14,26H,15H2,1-3H3;;. The van der Waals surface area contributed by atoms with Crippen molar-refractivity contribution in [2.45, 2.75) is 27.4 Å². The van der Waals surface area contributed by atoms with Crippen molar-refractivity contribution in [1.29, 1.82) is 0 Å². The van der Waals surface area contributed by atoms with Gasteiger partial charge in [-0.05, 0) is 63.5 Å². The van der Waals surface area contributed by atoms with Crippen molar-refractivity contribution >= 4 is 38.3 Å². The summed E-state index contributed by atoms with van der Waals surface area (Å²) in [5.74, 6) is 0.817. The summed E-state index contributed by atoms with van der Waals surface area (Å²) in [5.41, 5.74) is 5.50. The predicted molar refractivity (Wildman–Crippen MR) is 117 cm³/mol. The average molecular weight is 370 g/mol. The third-order valence-electron chi connectivity index (χ3n) is 4.26. The zero-order chi connectivity index (χ0) is 18.5. The van der Waals surface area contributed by atoms with Gasteiger partial charge in [0.1, 0.15) is 12.4 Å². The molecule has 0 radical (unpaired) electrons. The summed E-state index contributed by atoms with van der Waals surface area (Å²) in [6, 6.07) is 22.1. The quantitative estimate of drug-likeness (QED) is 0.465. The van der Waals surface area contributed by atoms with Gasteiger partial charge in [0, 0.05) is 5.56 Å². The molecule has 134 valence electrons. The number of hydrogen-bond acceptors (Lipinski definition) is 2. The van der Waals surface area contributed by atoms with Gasteiger partial charge in [-0.15, -0.1) is 0 Å². The maximum absolute atomic E-state index is 12.7. The van der Waals surface area contributed by atoms with Crippen LogP contribution in [-0.4, -0.2) is 24.4 Å². The van der Waals surface area contributed by atoms with E-state index in [4.69, 9.17) is 4.74 Å². The van der Waals surface area contributed by atoms with E-state index in [1.165, 1.54) is 5.56 Å². The molecule has 0 amide bonds. The Kier molecular flexibility index (Phi) is 7.87. The molecule has 0 spiro atoms. The van der Waals surface area contributed by atoms with Crippen LogP contribution in [0.1, 0.15) is 32.6 Å². The Morgan fingerprint density at radius 1 is 0.889 bits per heavy atom. The number of hydrogen-bond donors (Lipinski definition) is 0. The van der Waals surface area contributed by atoms with E-state index in [-0.39, 0.29) is 33.0 Å². The van der Waals surface area contributed by atoms with Crippen molar-refractivity contribution in [2.24, 2.45) is 0 Å². The molecule has 0 fully saturated rings. The van der Waals surface area contributed by atoms with Crippen LogP contribution in [0.25, 0.3) is 0 Å². The SMILES string of the molecule is Cc1cc(C)c(C(=O)Pc2ccc(OCc3ccccc3)cc2)c(C)c1.[LiH]. The zero-order valence-corrected chi connectivity index (χ0v) is 16.4. The van der Waals surface area contributed by atoms with E-state index in [0.29, 0.717) is 6.61 Å². The third-order valence-corrected chi connectivity index (χ3v) is 5.36. The number of benzene rings is 3. The van der Waals surface area contributed by atoms with Gasteiger partial charge in [0.2, 0.25) is 0 Å². The number of rotatable bonds is 6. The fourth-order valence-corrected chi connectivity index (χ4v) is 4.22. The van der Waals surface area contributed by atoms with Gasteiger partial charge in [-0.3, -0.25) is 4.79 Å². The number of aryl methyl sites for hydroxylation is 3. The van der Waals surface area contributed by atoms with E-state index in [1.807, 2.05) is 68.4 Å². The first-order chi connectivity index (χ1) is 12.5. The molecule has 3 aromatic rings. The molecule has 3 rings (SSSR count). The molecule has 1 atom stereocenters. The molecular weight excluding hydrogens is 346 g/mol. The monoisotopic (exact) mass is 370 g/mol. The minimum absolute atomic E-state index is 0. The third kappa shape index (κ3) is 5.82. The van der Waals surface area contributed by atoms with Gasteiger partial charge in [0.25, 0.3) is 0 Å². The van der Waals surface area contributed by atoms with Gasteiger partial charge in [-0.25, -0.2) is 0 Å². The van der Waals surface area contributed by atoms with E-state index in [9.17, 15) is 4.79 Å². The Labute approximate surface area is 175 Å². The Morgan fingerprint density at radius 2 is 1.48 bits per heavy atom. The molecule has 0 N–H and O–H groups in total. The van der Waals surface area contributed by atoms with Crippen LogP contribution in [0.4, 0.5) is 0 Å². The topological polar surface area (TPSA) is 26.3 Å². The molecule has 0 aliphatic rings. The summed E-state index contributed by atoms with van der Waals surface area (Å²) < 4.78 is 5.81. The molecule has 0 aliphatic heterocycles. The average Bonchev–Trinajstić information content (AvgIpc) is 2.61. The second kappa shape index (κ2) is 9.91. The van der Waals surface area contributed by atoms with Crippen LogP contribution < -0.4 is 10.0 Å². The van der Waals surface area contributed by atoms with Gasteiger partial charge in [-0.2, -0.15) is 0 Å². The van der Waals surface area contributed by atoms with Crippen molar-refractivity contribution < 1.29 is 9.53 Å². The van der Waals surface area contributed by atoms with Gasteiger partial charge in [0.05, 0.1) is 0 Å². The van der Waals surface area contributed by atoms with Crippen LogP contribution in [0.2, 0.25) is 0 Å². The van der Waals surface area contributed by atoms with Crippen molar-refractivity contribution in [3.63, 3.8) is 0 Å². The van der Waals surface area contributed by atoms with Crippen molar-refractivity contribution in [3.8, 4) is 5.75 Å². The van der Waals surface area contributed by atoms with Crippen LogP contribution in [-0.2, 0) is 6.61 Å². The van der Waals surface area contributed by atoms with Crippen LogP contribution in [0, 0.1) is 20.8 Å². The molecule has 0 aliphatic carbocycles. The molecule has 0 heterocycles.